The van der Waals surface area contributed by atoms with Gasteiger partial charge in [0.15, 0.2) is 5.65 Å². The van der Waals surface area contributed by atoms with E-state index >= 15 is 0 Å². The molecule has 3 aromatic rings. The van der Waals surface area contributed by atoms with Gasteiger partial charge in [0.2, 0.25) is 5.91 Å². The molecule has 0 saturated carbocycles. The molecule has 7 nitrogen and oxygen atoms in total. The molecule has 0 aliphatic rings. The molecule has 0 unspecified atom stereocenters. The second-order valence-electron chi connectivity index (χ2n) is 7.81. The fourth-order valence-electron chi connectivity index (χ4n) is 3.68. The topological polar surface area (TPSA) is 85.6 Å². The highest BCUT2D eigenvalue weighted by Gasteiger charge is 2.26. The third kappa shape index (κ3) is 4.06. The summed E-state index contributed by atoms with van der Waals surface area (Å²) in [5.41, 5.74) is 6.12. The molecule has 0 spiro atoms. The lowest BCUT2D eigenvalue weighted by Crippen LogP contribution is -2.45. The number of hydrogen-bond acceptors (Lipinski definition) is 5. The number of hydrogen-bond donors (Lipinski definition) is 1. The number of esters is 1. The Morgan fingerprint density at radius 1 is 1.10 bits per heavy atom. The number of ether oxygens (including phenoxy) is 1. The summed E-state index contributed by atoms with van der Waals surface area (Å²) in [4.78, 5) is 29.4. The molecule has 3 rings (SSSR count). The van der Waals surface area contributed by atoms with Crippen LogP contribution in [0.1, 0.15) is 36.5 Å². The van der Waals surface area contributed by atoms with Gasteiger partial charge in [0.25, 0.3) is 0 Å². The molecule has 0 bridgehead atoms. The average Bonchev–Trinajstić information content (AvgIpc) is 3.05. The molecule has 1 N–H and O–H groups in total. The minimum Gasteiger partial charge on any atom is -0.467 e. The van der Waals surface area contributed by atoms with Gasteiger partial charge in [-0.1, -0.05) is 44.2 Å². The summed E-state index contributed by atoms with van der Waals surface area (Å²) in [7, 11) is 1.32. The van der Waals surface area contributed by atoms with Gasteiger partial charge in [0.05, 0.1) is 19.2 Å². The maximum absolute atomic E-state index is 12.7. The van der Waals surface area contributed by atoms with Crippen LogP contribution in [0.5, 0.6) is 0 Å². The van der Waals surface area contributed by atoms with Gasteiger partial charge in [-0.25, -0.2) is 14.3 Å². The molecular formula is C23H28N4O3. The number of benzene rings is 1. The van der Waals surface area contributed by atoms with Gasteiger partial charge in [-0.3, -0.25) is 4.79 Å². The Hall–Kier alpha value is -3.22. The lowest BCUT2D eigenvalue weighted by atomic mass is 10.0. The highest BCUT2D eigenvalue weighted by molar-refractivity contribution is 5.86. The smallest absolute Gasteiger partial charge is 0.328 e. The summed E-state index contributed by atoms with van der Waals surface area (Å²) >= 11 is 0. The monoisotopic (exact) mass is 408 g/mol. The number of nitrogens with zero attached hydrogens (tertiary/aromatic N) is 3. The quantitative estimate of drug-likeness (QED) is 0.633. The number of carbonyl (C=O) groups is 2. The Kier molecular flexibility index (Phi) is 6.20. The molecule has 1 amide bonds. The van der Waals surface area contributed by atoms with E-state index in [-0.39, 0.29) is 18.2 Å². The molecule has 158 valence electrons. The minimum absolute atomic E-state index is 0.0774. The van der Waals surface area contributed by atoms with E-state index in [2.05, 4.69) is 10.4 Å². The molecule has 2 heterocycles. The lowest BCUT2D eigenvalue weighted by Gasteiger charge is -2.20. The normalized spacial score (nSPS) is 12.2. The summed E-state index contributed by atoms with van der Waals surface area (Å²) in [6, 6.07) is 9.35. The summed E-state index contributed by atoms with van der Waals surface area (Å²) in [5, 5.41) is 7.47. The zero-order valence-corrected chi connectivity index (χ0v) is 18.3. The maximum Gasteiger partial charge on any atom is 0.328 e. The van der Waals surface area contributed by atoms with Crippen LogP contribution in [0.2, 0.25) is 0 Å². The second-order valence-corrected chi connectivity index (χ2v) is 7.81. The van der Waals surface area contributed by atoms with Crippen LogP contribution in [0.3, 0.4) is 0 Å². The Morgan fingerprint density at radius 2 is 1.77 bits per heavy atom. The van der Waals surface area contributed by atoms with Crippen LogP contribution in [-0.4, -0.2) is 39.6 Å². The zero-order chi connectivity index (χ0) is 22.0. The summed E-state index contributed by atoms with van der Waals surface area (Å²) in [5.74, 6) is -0.777. The van der Waals surface area contributed by atoms with Gasteiger partial charge in [0.1, 0.15) is 6.04 Å². The molecule has 0 fully saturated rings. The Balaban J connectivity index is 1.96. The van der Waals surface area contributed by atoms with Crippen molar-refractivity contribution in [3.63, 3.8) is 0 Å². The molecule has 2 aromatic heterocycles. The fraction of sp³-hybridized carbons (Fsp3) is 0.391. The molecule has 30 heavy (non-hydrogen) atoms. The first-order valence-corrected chi connectivity index (χ1v) is 10.0. The zero-order valence-electron chi connectivity index (χ0n) is 18.3. The van der Waals surface area contributed by atoms with Crippen LogP contribution in [-0.2, 0) is 20.7 Å². The standard InChI is InChI=1S/C23H28N4O3/c1-13(2)21(23(29)30-6)25-19(28)12-18-14(3)24-22-20(17-10-8-7-9-11-17)15(4)26-27(22)16(18)5/h7-11,13,21H,12H2,1-6H3,(H,25,28)/t21-/m0/s1. The van der Waals surface area contributed by atoms with Crippen molar-refractivity contribution in [1.29, 1.82) is 0 Å². The summed E-state index contributed by atoms with van der Waals surface area (Å²) in [6.07, 6.45) is 0.112. The number of aromatic nitrogens is 3. The molecule has 1 atom stereocenters. The van der Waals surface area contributed by atoms with E-state index < -0.39 is 12.0 Å². The number of nitrogens with one attached hydrogen (secondary N) is 1. The van der Waals surface area contributed by atoms with E-state index in [4.69, 9.17) is 9.72 Å². The molecule has 1 aromatic carbocycles. The van der Waals surface area contributed by atoms with E-state index in [1.54, 1.807) is 4.52 Å². The SMILES string of the molecule is COC(=O)[C@@H](NC(=O)Cc1c(C)nc2c(-c3ccccc3)c(C)nn2c1C)C(C)C. The number of amides is 1. The van der Waals surface area contributed by atoms with Gasteiger partial charge < -0.3 is 10.1 Å². The van der Waals surface area contributed by atoms with Crippen molar-refractivity contribution in [1.82, 2.24) is 19.9 Å². The first kappa shape index (κ1) is 21.5. The molecular weight excluding hydrogens is 380 g/mol. The van der Waals surface area contributed by atoms with Crippen LogP contribution < -0.4 is 5.32 Å². The molecule has 0 saturated heterocycles. The van der Waals surface area contributed by atoms with Crippen molar-refractivity contribution in [2.24, 2.45) is 5.92 Å². The van der Waals surface area contributed by atoms with E-state index in [1.807, 2.05) is 65.0 Å². The first-order chi connectivity index (χ1) is 14.2. The molecule has 7 heteroatoms. The van der Waals surface area contributed by atoms with Crippen LogP contribution in [0, 0.1) is 26.7 Å². The van der Waals surface area contributed by atoms with Gasteiger partial charge in [-0.2, -0.15) is 5.10 Å². The Labute approximate surface area is 176 Å². The van der Waals surface area contributed by atoms with Crippen molar-refractivity contribution in [2.45, 2.75) is 47.1 Å². The van der Waals surface area contributed by atoms with E-state index in [0.717, 1.165) is 39.4 Å². The third-order valence-electron chi connectivity index (χ3n) is 5.34. The minimum atomic E-state index is -0.684. The average molecular weight is 409 g/mol. The van der Waals surface area contributed by atoms with Crippen molar-refractivity contribution < 1.29 is 14.3 Å². The van der Waals surface area contributed by atoms with Gasteiger partial charge in [-0.05, 0) is 32.3 Å². The lowest BCUT2D eigenvalue weighted by molar-refractivity contribution is -0.146. The van der Waals surface area contributed by atoms with Gasteiger partial charge in [-0.15, -0.1) is 0 Å². The predicted octanol–water partition coefficient (Wildman–Crippen LogP) is 3.18. The first-order valence-electron chi connectivity index (χ1n) is 10.0. The molecule has 0 aliphatic carbocycles. The summed E-state index contributed by atoms with van der Waals surface area (Å²) in [6.45, 7) is 9.52. The molecule has 0 aliphatic heterocycles. The van der Waals surface area contributed by atoms with Crippen LogP contribution in [0.15, 0.2) is 30.3 Å². The number of carbonyl (C=O) groups excluding carboxylic acids is 2. The van der Waals surface area contributed by atoms with Crippen molar-refractivity contribution in [3.05, 3.63) is 53.0 Å². The number of fused-ring (bicyclic) bond motifs is 1. The van der Waals surface area contributed by atoms with Gasteiger partial charge in [0, 0.05) is 22.5 Å². The maximum atomic E-state index is 12.7. The van der Waals surface area contributed by atoms with Crippen molar-refractivity contribution >= 4 is 17.5 Å². The predicted molar refractivity (Wildman–Crippen MR) is 115 cm³/mol. The van der Waals surface area contributed by atoms with Crippen LogP contribution >= 0.6 is 0 Å². The molecule has 0 radical (unpaired) electrons. The highest BCUT2D eigenvalue weighted by atomic mass is 16.5. The largest absolute Gasteiger partial charge is 0.467 e. The Morgan fingerprint density at radius 3 is 2.37 bits per heavy atom. The number of aryl methyl sites for hydroxylation is 3. The van der Waals surface area contributed by atoms with Gasteiger partial charge >= 0.3 is 5.97 Å². The highest BCUT2D eigenvalue weighted by Crippen LogP contribution is 2.29. The number of rotatable bonds is 6. The van der Waals surface area contributed by atoms with Crippen LogP contribution in [0.4, 0.5) is 0 Å². The van der Waals surface area contributed by atoms with Crippen LogP contribution in [0.25, 0.3) is 16.8 Å². The third-order valence-corrected chi connectivity index (χ3v) is 5.34. The van der Waals surface area contributed by atoms with Crippen molar-refractivity contribution in [2.75, 3.05) is 7.11 Å². The van der Waals surface area contributed by atoms with Crippen molar-refractivity contribution in [3.8, 4) is 11.1 Å². The Bertz CT molecular complexity index is 1090. The second kappa shape index (κ2) is 8.65. The summed E-state index contributed by atoms with van der Waals surface area (Å²) < 4.78 is 6.61. The van der Waals surface area contributed by atoms with E-state index in [1.165, 1.54) is 7.11 Å². The number of methoxy groups -OCH3 is 1. The fourth-order valence-corrected chi connectivity index (χ4v) is 3.68. The van der Waals surface area contributed by atoms with E-state index in [0.29, 0.717) is 0 Å². The van der Waals surface area contributed by atoms with E-state index in [9.17, 15) is 9.59 Å².